The molecule has 1 amide bonds. The van der Waals surface area contributed by atoms with Crippen molar-refractivity contribution in [2.75, 3.05) is 7.05 Å². The summed E-state index contributed by atoms with van der Waals surface area (Å²) >= 11 is 0. The number of carbonyl (C=O) groups is 2. The number of aliphatic carboxylic acids is 1. The number of hydrogen-bond acceptors (Lipinski definition) is 4. The van der Waals surface area contributed by atoms with Gasteiger partial charge in [-0.2, -0.15) is 0 Å². The van der Waals surface area contributed by atoms with Crippen molar-refractivity contribution in [1.82, 2.24) is 9.88 Å². The van der Waals surface area contributed by atoms with Gasteiger partial charge in [0.2, 0.25) is 5.88 Å². The van der Waals surface area contributed by atoms with Gasteiger partial charge in [0, 0.05) is 19.3 Å². The van der Waals surface area contributed by atoms with Gasteiger partial charge in [-0.25, -0.2) is 9.78 Å². The molecule has 0 aromatic carbocycles. The zero-order valence-corrected chi connectivity index (χ0v) is 12.3. The first-order chi connectivity index (χ1) is 9.99. The predicted molar refractivity (Wildman–Crippen MR) is 76.3 cm³/mol. The minimum atomic E-state index is -1.04. The number of amides is 1. The maximum atomic E-state index is 12.1. The number of nitrogens with zero attached hydrogens (tertiary/aromatic N) is 2. The molecule has 1 atom stereocenters. The molecular weight excluding hydrogens is 272 g/mol. The third-order valence-electron chi connectivity index (χ3n) is 3.83. The molecule has 1 aliphatic carbocycles. The minimum Gasteiger partial charge on any atom is -0.480 e. The molecule has 2 rings (SSSR count). The number of rotatable bonds is 5. The summed E-state index contributed by atoms with van der Waals surface area (Å²) in [6.07, 6.45) is 6.09. The molecule has 1 N–H and O–H groups in total. The number of carboxylic acid groups (broad SMARTS) is 1. The average molecular weight is 292 g/mol. The molecule has 0 spiro atoms. The van der Waals surface area contributed by atoms with Crippen LogP contribution in [0, 0.1) is 0 Å². The van der Waals surface area contributed by atoms with Gasteiger partial charge in [0.1, 0.15) is 12.1 Å². The lowest BCUT2D eigenvalue weighted by atomic mass is 10.2. The van der Waals surface area contributed by atoms with Crippen LogP contribution in [0.3, 0.4) is 0 Å². The Bertz CT molecular complexity index is 509. The third-order valence-corrected chi connectivity index (χ3v) is 3.83. The second-order valence-corrected chi connectivity index (χ2v) is 5.34. The summed E-state index contributed by atoms with van der Waals surface area (Å²) in [5.41, 5.74) is 0.351. The standard InChI is InChI=1S/C15H20N2O4/c1-10(15(19)20)17(2)14(18)11-7-8-13(16-9-11)21-12-5-3-4-6-12/h7-10,12H,3-6H2,1-2H3,(H,19,20). The van der Waals surface area contributed by atoms with E-state index in [1.54, 1.807) is 12.1 Å². The Morgan fingerprint density at radius 2 is 2.05 bits per heavy atom. The number of likely N-dealkylation sites (N-methyl/N-ethyl adjacent to an activating group) is 1. The number of hydrogen-bond donors (Lipinski definition) is 1. The smallest absolute Gasteiger partial charge is 0.326 e. The van der Waals surface area contributed by atoms with Crippen LogP contribution in [-0.4, -0.2) is 46.1 Å². The molecule has 0 radical (unpaired) electrons. The van der Waals surface area contributed by atoms with Crippen molar-refractivity contribution in [1.29, 1.82) is 0 Å². The molecule has 114 valence electrons. The van der Waals surface area contributed by atoms with Crippen LogP contribution in [0.5, 0.6) is 5.88 Å². The quantitative estimate of drug-likeness (QED) is 0.897. The highest BCUT2D eigenvalue weighted by molar-refractivity contribution is 5.96. The van der Waals surface area contributed by atoms with Gasteiger partial charge in [-0.15, -0.1) is 0 Å². The molecule has 6 nitrogen and oxygen atoms in total. The summed E-state index contributed by atoms with van der Waals surface area (Å²) in [6.45, 7) is 1.46. The van der Waals surface area contributed by atoms with Crippen molar-refractivity contribution in [2.45, 2.75) is 44.8 Å². The Labute approximate surface area is 123 Å². The molecule has 1 unspecified atom stereocenters. The second kappa shape index (κ2) is 6.56. The highest BCUT2D eigenvalue weighted by atomic mass is 16.5. The topological polar surface area (TPSA) is 79.7 Å². The molecule has 1 aliphatic rings. The van der Waals surface area contributed by atoms with Crippen LogP contribution in [0.2, 0.25) is 0 Å². The average Bonchev–Trinajstić information content (AvgIpc) is 2.98. The van der Waals surface area contributed by atoms with E-state index in [0.717, 1.165) is 12.8 Å². The van der Waals surface area contributed by atoms with Gasteiger partial charge in [0.05, 0.1) is 5.56 Å². The van der Waals surface area contributed by atoms with Crippen molar-refractivity contribution in [3.63, 3.8) is 0 Å². The van der Waals surface area contributed by atoms with E-state index >= 15 is 0 Å². The van der Waals surface area contributed by atoms with E-state index in [1.165, 1.54) is 37.9 Å². The second-order valence-electron chi connectivity index (χ2n) is 5.34. The van der Waals surface area contributed by atoms with Gasteiger partial charge in [0.25, 0.3) is 5.91 Å². The summed E-state index contributed by atoms with van der Waals surface area (Å²) in [6, 6.07) is 2.39. The normalized spacial score (nSPS) is 16.5. The first-order valence-corrected chi connectivity index (χ1v) is 7.11. The Hall–Kier alpha value is -2.11. The summed E-state index contributed by atoms with van der Waals surface area (Å²) in [5.74, 6) is -0.905. The SMILES string of the molecule is CC(C(=O)O)N(C)C(=O)c1ccc(OC2CCCC2)nc1. The van der Waals surface area contributed by atoms with Crippen LogP contribution >= 0.6 is 0 Å². The van der Waals surface area contributed by atoms with Crippen LogP contribution in [-0.2, 0) is 4.79 Å². The van der Waals surface area contributed by atoms with Crippen LogP contribution in [0.1, 0.15) is 43.0 Å². The molecule has 21 heavy (non-hydrogen) atoms. The Kier molecular flexibility index (Phi) is 4.77. The Balaban J connectivity index is 2.00. The molecular formula is C15H20N2O4. The van der Waals surface area contributed by atoms with Crippen molar-refractivity contribution in [3.8, 4) is 5.88 Å². The Morgan fingerprint density at radius 1 is 1.38 bits per heavy atom. The van der Waals surface area contributed by atoms with Crippen molar-refractivity contribution < 1.29 is 19.4 Å². The minimum absolute atomic E-state index is 0.216. The van der Waals surface area contributed by atoms with Crippen LogP contribution in [0.4, 0.5) is 0 Å². The van der Waals surface area contributed by atoms with Gasteiger partial charge < -0.3 is 14.7 Å². The first-order valence-electron chi connectivity index (χ1n) is 7.11. The van der Waals surface area contributed by atoms with E-state index in [4.69, 9.17) is 9.84 Å². The lowest BCUT2D eigenvalue weighted by Crippen LogP contribution is -2.40. The lowest BCUT2D eigenvalue weighted by Gasteiger charge is -2.21. The largest absolute Gasteiger partial charge is 0.480 e. The van der Waals surface area contributed by atoms with Crippen LogP contribution < -0.4 is 4.74 Å². The summed E-state index contributed by atoms with van der Waals surface area (Å²) in [4.78, 5) is 28.3. The number of carboxylic acids is 1. The molecule has 0 bridgehead atoms. The summed E-state index contributed by atoms with van der Waals surface area (Å²) < 4.78 is 5.73. The van der Waals surface area contributed by atoms with Crippen molar-refractivity contribution >= 4 is 11.9 Å². The van der Waals surface area contributed by atoms with E-state index in [-0.39, 0.29) is 12.0 Å². The number of aromatic nitrogens is 1. The molecule has 1 aromatic rings. The van der Waals surface area contributed by atoms with Gasteiger partial charge >= 0.3 is 5.97 Å². The van der Waals surface area contributed by atoms with Crippen molar-refractivity contribution in [3.05, 3.63) is 23.9 Å². The van der Waals surface area contributed by atoms with Gasteiger partial charge in [0.15, 0.2) is 0 Å². The fourth-order valence-corrected chi connectivity index (χ4v) is 2.30. The van der Waals surface area contributed by atoms with E-state index in [1.807, 2.05) is 0 Å². The zero-order valence-electron chi connectivity index (χ0n) is 12.3. The van der Waals surface area contributed by atoms with E-state index in [9.17, 15) is 9.59 Å². The number of pyridine rings is 1. The zero-order chi connectivity index (χ0) is 15.4. The molecule has 1 aromatic heterocycles. The molecule has 0 aliphatic heterocycles. The lowest BCUT2D eigenvalue weighted by molar-refractivity contribution is -0.141. The monoisotopic (exact) mass is 292 g/mol. The summed E-state index contributed by atoms with van der Waals surface area (Å²) in [5, 5.41) is 8.92. The van der Waals surface area contributed by atoms with Crippen molar-refractivity contribution in [2.24, 2.45) is 0 Å². The van der Waals surface area contributed by atoms with Crippen LogP contribution in [0.25, 0.3) is 0 Å². The molecule has 0 saturated heterocycles. The van der Waals surface area contributed by atoms with Gasteiger partial charge in [-0.3, -0.25) is 4.79 Å². The third kappa shape index (κ3) is 3.71. The number of carbonyl (C=O) groups excluding carboxylic acids is 1. The highest BCUT2D eigenvalue weighted by Crippen LogP contribution is 2.23. The molecule has 1 heterocycles. The van der Waals surface area contributed by atoms with E-state index in [0.29, 0.717) is 11.4 Å². The fraction of sp³-hybridized carbons (Fsp3) is 0.533. The molecule has 1 fully saturated rings. The fourth-order valence-electron chi connectivity index (χ4n) is 2.30. The van der Waals surface area contributed by atoms with E-state index < -0.39 is 12.0 Å². The highest BCUT2D eigenvalue weighted by Gasteiger charge is 2.23. The first kappa shape index (κ1) is 15.3. The van der Waals surface area contributed by atoms with Gasteiger partial charge in [-0.1, -0.05) is 0 Å². The van der Waals surface area contributed by atoms with Crippen LogP contribution in [0.15, 0.2) is 18.3 Å². The predicted octanol–water partition coefficient (Wildman–Crippen LogP) is 1.95. The van der Waals surface area contributed by atoms with E-state index in [2.05, 4.69) is 4.98 Å². The maximum absolute atomic E-state index is 12.1. The molecule has 6 heteroatoms. The maximum Gasteiger partial charge on any atom is 0.326 e. The molecule has 1 saturated carbocycles. The Morgan fingerprint density at radius 3 is 2.57 bits per heavy atom. The summed E-state index contributed by atoms with van der Waals surface area (Å²) in [7, 11) is 1.46. The number of ether oxygens (including phenoxy) is 1. The van der Waals surface area contributed by atoms with Gasteiger partial charge in [-0.05, 0) is 38.7 Å².